The highest BCUT2D eigenvalue weighted by molar-refractivity contribution is 14.1. The van der Waals surface area contributed by atoms with Gasteiger partial charge in [-0.3, -0.25) is 0 Å². The molecule has 2 heterocycles. The van der Waals surface area contributed by atoms with E-state index in [0.717, 1.165) is 37.8 Å². The molecule has 12 heteroatoms. The minimum absolute atomic E-state index is 0.00626. The molecule has 0 aliphatic rings. The fourth-order valence-electron chi connectivity index (χ4n) is 4.72. The molecule has 6 aromatic rings. The first-order valence-electron chi connectivity index (χ1n) is 14.9. The van der Waals surface area contributed by atoms with Crippen molar-refractivity contribution in [1.82, 2.24) is 10.3 Å². The van der Waals surface area contributed by atoms with Crippen molar-refractivity contribution in [2.45, 2.75) is 33.2 Å². The monoisotopic (exact) mass is 784 g/mol. The van der Waals surface area contributed by atoms with Gasteiger partial charge in [0.1, 0.15) is 13.2 Å². The first-order chi connectivity index (χ1) is 23.5. The van der Waals surface area contributed by atoms with Crippen LogP contribution in [0.5, 0.6) is 23.0 Å². The normalized spacial score (nSPS) is 11.0. The maximum Gasteiger partial charge on any atom is 0.417 e. The van der Waals surface area contributed by atoms with Crippen molar-refractivity contribution in [3.05, 3.63) is 129 Å². The molecule has 0 unspecified atom stereocenters. The number of alkyl halides is 3. The summed E-state index contributed by atoms with van der Waals surface area (Å²) >= 11 is 2.26. The fourth-order valence-corrected chi connectivity index (χ4v) is 5.42. The van der Waals surface area contributed by atoms with Gasteiger partial charge in [0, 0.05) is 26.8 Å². The summed E-state index contributed by atoms with van der Waals surface area (Å²) in [5.41, 5.74) is 3.22. The van der Waals surface area contributed by atoms with Gasteiger partial charge in [0.15, 0.2) is 34.5 Å². The van der Waals surface area contributed by atoms with Crippen molar-refractivity contribution in [3.63, 3.8) is 0 Å². The molecular formula is C37H32F3IN2O6. The Morgan fingerprint density at radius 2 is 1.06 bits per heavy atom. The third kappa shape index (κ3) is 9.13. The van der Waals surface area contributed by atoms with Crippen molar-refractivity contribution >= 4 is 22.6 Å². The first-order valence-corrected chi connectivity index (χ1v) is 16.0. The zero-order valence-electron chi connectivity index (χ0n) is 27.0. The second-order valence-electron chi connectivity index (χ2n) is 10.7. The van der Waals surface area contributed by atoms with Gasteiger partial charge >= 0.3 is 6.18 Å². The van der Waals surface area contributed by atoms with Gasteiger partial charge in [-0.05, 0) is 71.8 Å². The molecule has 0 bridgehead atoms. The van der Waals surface area contributed by atoms with Crippen molar-refractivity contribution in [2.24, 2.45) is 0 Å². The van der Waals surface area contributed by atoms with Gasteiger partial charge in [-0.1, -0.05) is 71.0 Å². The first kappa shape index (κ1) is 35.3. The van der Waals surface area contributed by atoms with Crippen LogP contribution in [-0.2, 0) is 19.4 Å². The molecule has 0 amide bonds. The molecule has 0 radical (unpaired) electrons. The van der Waals surface area contributed by atoms with E-state index in [1.165, 1.54) is 19.2 Å². The van der Waals surface area contributed by atoms with E-state index in [1.807, 2.05) is 85.8 Å². The van der Waals surface area contributed by atoms with Crippen LogP contribution in [0.4, 0.5) is 13.2 Å². The van der Waals surface area contributed by atoms with E-state index >= 15 is 0 Å². The maximum atomic E-state index is 13.5. The molecule has 0 N–H and O–H groups in total. The zero-order valence-corrected chi connectivity index (χ0v) is 29.2. The van der Waals surface area contributed by atoms with Crippen LogP contribution in [0.25, 0.3) is 22.6 Å². The van der Waals surface area contributed by atoms with E-state index in [9.17, 15) is 13.2 Å². The van der Waals surface area contributed by atoms with E-state index in [2.05, 4.69) is 32.9 Å². The van der Waals surface area contributed by atoms with Crippen LogP contribution in [0.1, 0.15) is 28.1 Å². The number of hydrogen-bond acceptors (Lipinski definition) is 8. The van der Waals surface area contributed by atoms with Crippen LogP contribution >= 0.6 is 22.6 Å². The van der Waals surface area contributed by atoms with Crippen LogP contribution in [0.15, 0.2) is 106 Å². The molecular weight excluding hydrogens is 752 g/mol. The molecule has 6 rings (SSSR count). The number of hydrogen-bond donors (Lipinski definition) is 0. The van der Waals surface area contributed by atoms with Crippen molar-refractivity contribution in [1.29, 1.82) is 0 Å². The molecule has 0 aliphatic heterocycles. The number of halogens is 4. The highest BCUT2D eigenvalue weighted by atomic mass is 127. The van der Waals surface area contributed by atoms with E-state index < -0.39 is 11.7 Å². The summed E-state index contributed by atoms with van der Waals surface area (Å²) in [7, 11) is 2.93. The lowest BCUT2D eigenvalue weighted by molar-refractivity contribution is -0.137. The fraction of sp³-hybridized carbons (Fsp3) is 0.189. The van der Waals surface area contributed by atoms with Crippen LogP contribution in [0.3, 0.4) is 0 Å². The minimum atomic E-state index is -4.58. The molecule has 0 spiro atoms. The second kappa shape index (κ2) is 15.9. The van der Waals surface area contributed by atoms with Crippen LogP contribution in [0.2, 0.25) is 0 Å². The Morgan fingerprint density at radius 1 is 0.612 bits per heavy atom. The predicted octanol–water partition coefficient (Wildman–Crippen LogP) is 10.1. The Bertz CT molecular complexity index is 1980. The Hall–Kier alpha value is -4.98. The predicted molar refractivity (Wildman–Crippen MR) is 186 cm³/mol. The third-order valence-electron chi connectivity index (χ3n) is 7.12. The van der Waals surface area contributed by atoms with Crippen LogP contribution in [0, 0.1) is 17.4 Å². The standard InChI is InChI=1S/C19H16F3NO3.C18H16INO3/c1-12-8-16(26-23-12)14-9-18(25-11-13-6-4-3-5-7-13)17(24-2)10-15(14)19(20,21)22;1-12-8-16(23-20-12)14-9-18(17(21-2)10-15(14)19)22-11-13-6-4-3-5-7-13/h3-10H,11H2,1-2H3;3-10H,11H2,1-2H3. The summed E-state index contributed by atoms with van der Waals surface area (Å²) in [6.45, 7) is 4.21. The Morgan fingerprint density at radius 3 is 1.49 bits per heavy atom. The Kier molecular flexibility index (Phi) is 11.5. The number of nitrogens with zero attached hydrogens (tertiary/aromatic N) is 2. The SMILES string of the molecule is COc1cc(C(F)(F)F)c(-c2cc(C)no2)cc1OCc1ccccc1.COc1cc(I)c(-c2cc(C)no2)cc1OCc1ccccc1. The second-order valence-corrected chi connectivity index (χ2v) is 11.9. The molecule has 4 aromatic carbocycles. The maximum absolute atomic E-state index is 13.5. The molecule has 2 aromatic heterocycles. The lowest BCUT2D eigenvalue weighted by Gasteiger charge is -2.17. The van der Waals surface area contributed by atoms with Gasteiger partial charge in [0.05, 0.1) is 31.2 Å². The number of rotatable bonds is 10. The smallest absolute Gasteiger partial charge is 0.417 e. The summed E-state index contributed by atoms with van der Waals surface area (Å²) in [6.07, 6.45) is -4.58. The number of benzene rings is 4. The summed E-state index contributed by atoms with van der Waals surface area (Å²) in [5.74, 6) is 2.30. The zero-order chi connectivity index (χ0) is 35.0. The largest absolute Gasteiger partial charge is 0.493 e. The van der Waals surface area contributed by atoms with Gasteiger partial charge in [-0.15, -0.1) is 0 Å². The third-order valence-corrected chi connectivity index (χ3v) is 8.02. The minimum Gasteiger partial charge on any atom is -0.493 e. The molecule has 0 fully saturated rings. The Balaban J connectivity index is 0.000000192. The molecule has 0 saturated heterocycles. The highest BCUT2D eigenvalue weighted by Crippen LogP contribution is 2.44. The quantitative estimate of drug-likeness (QED) is 0.127. The molecule has 0 atom stereocenters. The summed E-state index contributed by atoms with van der Waals surface area (Å²) in [5, 5.41) is 7.62. The highest BCUT2D eigenvalue weighted by Gasteiger charge is 2.36. The van der Waals surface area contributed by atoms with E-state index in [4.69, 9.17) is 28.0 Å². The van der Waals surface area contributed by atoms with Gasteiger partial charge < -0.3 is 28.0 Å². The molecule has 0 aliphatic carbocycles. The van der Waals surface area contributed by atoms with Crippen LogP contribution in [-0.4, -0.2) is 24.5 Å². The average molecular weight is 785 g/mol. The number of aromatic nitrogens is 2. The van der Waals surface area contributed by atoms with E-state index in [0.29, 0.717) is 23.8 Å². The van der Waals surface area contributed by atoms with Gasteiger partial charge in [0.25, 0.3) is 0 Å². The van der Waals surface area contributed by atoms with Gasteiger partial charge in [0.2, 0.25) is 0 Å². The van der Waals surface area contributed by atoms with E-state index in [-0.39, 0.29) is 29.4 Å². The topological polar surface area (TPSA) is 89.0 Å². The number of methoxy groups -OCH3 is 2. The molecule has 0 saturated carbocycles. The lowest BCUT2D eigenvalue weighted by atomic mass is 10.0. The van der Waals surface area contributed by atoms with Crippen molar-refractivity contribution in [2.75, 3.05) is 14.2 Å². The number of ether oxygens (including phenoxy) is 4. The van der Waals surface area contributed by atoms with Crippen LogP contribution < -0.4 is 18.9 Å². The Labute approximate surface area is 294 Å². The summed E-state index contributed by atoms with van der Waals surface area (Å²) in [4.78, 5) is 0. The number of aryl methyl sites for hydroxylation is 2. The summed E-state index contributed by atoms with van der Waals surface area (Å²) in [6, 6.07) is 28.7. The molecule has 254 valence electrons. The van der Waals surface area contributed by atoms with E-state index in [1.54, 1.807) is 14.0 Å². The lowest BCUT2D eigenvalue weighted by Crippen LogP contribution is -2.08. The van der Waals surface area contributed by atoms with Crippen molar-refractivity contribution in [3.8, 4) is 45.6 Å². The van der Waals surface area contributed by atoms with Gasteiger partial charge in [-0.25, -0.2) is 0 Å². The molecule has 49 heavy (non-hydrogen) atoms. The summed E-state index contributed by atoms with van der Waals surface area (Å²) < 4.78 is 74.0. The molecule has 8 nitrogen and oxygen atoms in total. The average Bonchev–Trinajstić information content (AvgIpc) is 3.74. The van der Waals surface area contributed by atoms with Crippen molar-refractivity contribution < 1.29 is 41.2 Å². The van der Waals surface area contributed by atoms with Gasteiger partial charge in [-0.2, -0.15) is 13.2 Å².